The number of ether oxygens (including phenoxy) is 1. The molecule has 0 saturated heterocycles. The van der Waals surface area contributed by atoms with E-state index >= 15 is 0 Å². The summed E-state index contributed by atoms with van der Waals surface area (Å²) in [5.74, 6) is 0.817. The minimum Gasteiger partial charge on any atom is -0.494 e. The zero-order valence-corrected chi connectivity index (χ0v) is 15.3. The van der Waals surface area contributed by atoms with Gasteiger partial charge in [-0.1, -0.05) is 24.3 Å². The van der Waals surface area contributed by atoms with E-state index in [1.807, 2.05) is 38.1 Å². The second kappa shape index (κ2) is 8.99. The molecule has 1 amide bonds. The SMILES string of the molecule is CCOc1ccc(CCC(=O)N(C)C(C)c2cccc([N+](=O)[O-])c2)cc1. The maximum atomic E-state index is 12.5. The minimum absolute atomic E-state index is 0.00195. The summed E-state index contributed by atoms with van der Waals surface area (Å²) >= 11 is 0. The predicted molar refractivity (Wildman–Crippen MR) is 100 cm³/mol. The number of nitrogens with zero attached hydrogens (tertiary/aromatic N) is 2. The molecule has 6 nitrogen and oxygen atoms in total. The second-order valence-corrected chi connectivity index (χ2v) is 6.11. The number of carbonyl (C=O) groups is 1. The van der Waals surface area contributed by atoms with E-state index in [1.54, 1.807) is 24.1 Å². The summed E-state index contributed by atoms with van der Waals surface area (Å²) in [6.45, 7) is 4.43. The van der Waals surface area contributed by atoms with Gasteiger partial charge in [0.2, 0.25) is 5.91 Å². The summed E-state index contributed by atoms with van der Waals surface area (Å²) in [4.78, 5) is 24.6. The maximum absolute atomic E-state index is 12.5. The molecule has 0 aliphatic rings. The van der Waals surface area contributed by atoms with Crippen molar-refractivity contribution in [2.24, 2.45) is 0 Å². The number of hydrogen-bond acceptors (Lipinski definition) is 4. The van der Waals surface area contributed by atoms with Gasteiger partial charge in [0.1, 0.15) is 5.75 Å². The molecule has 0 N–H and O–H groups in total. The van der Waals surface area contributed by atoms with Crippen molar-refractivity contribution in [3.8, 4) is 5.75 Å². The lowest BCUT2D eigenvalue weighted by atomic mass is 10.0. The van der Waals surface area contributed by atoms with Crippen LogP contribution in [0.5, 0.6) is 5.75 Å². The van der Waals surface area contributed by atoms with E-state index in [-0.39, 0.29) is 17.6 Å². The highest BCUT2D eigenvalue weighted by Crippen LogP contribution is 2.24. The summed E-state index contributed by atoms with van der Waals surface area (Å²) in [7, 11) is 1.73. The van der Waals surface area contributed by atoms with Gasteiger partial charge in [-0.2, -0.15) is 0 Å². The number of nitro groups is 1. The standard InChI is InChI=1S/C20H24N2O4/c1-4-26-19-11-8-16(9-12-19)10-13-20(23)21(3)15(2)17-6-5-7-18(14-17)22(24)25/h5-9,11-12,14-15H,4,10,13H2,1-3H3. The Kier molecular flexibility index (Phi) is 6.72. The molecule has 2 rings (SSSR count). The van der Waals surface area contributed by atoms with Gasteiger partial charge in [0.15, 0.2) is 0 Å². The second-order valence-electron chi connectivity index (χ2n) is 6.11. The van der Waals surface area contributed by atoms with Gasteiger partial charge in [0.05, 0.1) is 17.6 Å². The van der Waals surface area contributed by atoms with E-state index in [1.165, 1.54) is 12.1 Å². The molecule has 0 heterocycles. The monoisotopic (exact) mass is 356 g/mol. The van der Waals surface area contributed by atoms with Crippen LogP contribution in [0.1, 0.15) is 37.4 Å². The molecule has 0 aromatic heterocycles. The Hall–Kier alpha value is -2.89. The van der Waals surface area contributed by atoms with Gasteiger partial charge >= 0.3 is 0 Å². The highest BCUT2D eigenvalue weighted by molar-refractivity contribution is 5.76. The van der Waals surface area contributed by atoms with Crippen LogP contribution in [0.2, 0.25) is 0 Å². The van der Waals surface area contributed by atoms with Gasteiger partial charge in [-0.15, -0.1) is 0 Å². The van der Waals surface area contributed by atoms with Gasteiger partial charge in [-0.25, -0.2) is 0 Å². The van der Waals surface area contributed by atoms with Crippen molar-refractivity contribution < 1.29 is 14.5 Å². The highest BCUT2D eigenvalue weighted by Gasteiger charge is 2.19. The Morgan fingerprint density at radius 3 is 2.54 bits per heavy atom. The Balaban J connectivity index is 1.95. The number of amides is 1. The lowest BCUT2D eigenvalue weighted by Crippen LogP contribution is -2.29. The summed E-state index contributed by atoms with van der Waals surface area (Å²) < 4.78 is 5.41. The lowest BCUT2D eigenvalue weighted by molar-refractivity contribution is -0.384. The number of aryl methyl sites for hydroxylation is 1. The van der Waals surface area contributed by atoms with Crippen molar-refractivity contribution >= 4 is 11.6 Å². The fraction of sp³-hybridized carbons (Fsp3) is 0.350. The number of nitro benzene ring substituents is 1. The summed E-state index contributed by atoms with van der Waals surface area (Å²) in [5, 5.41) is 10.9. The number of rotatable bonds is 8. The zero-order chi connectivity index (χ0) is 19.1. The molecule has 0 fully saturated rings. The Morgan fingerprint density at radius 2 is 1.92 bits per heavy atom. The van der Waals surface area contributed by atoms with Crippen LogP contribution >= 0.6 is 0 Å². The van der Waals surface area contributed by atoms with Crippen LogP contribution in [-0.2, 0) is 11.2 Å². The van der Waals surface area contributed by atoms with E-state index in [4.69, 9.17) is 4.74 Å². The van der Waals surface area contributed by atoms with Crippen LogP contribution in [0.3, 0.4) is 0 Å². The smallest absolute Gasteiger partial charge is 0.269 e. The quantitative estimate of drug-likeness (QED) is 0.526. The van der Waals surface area contributed by atoms with Crippen molar-refractivity contribution in [3.63, 3.8) is 0 Å². The van der Waals surface area contributed by atoms with Crippen molar-refractivity contribution in [2.75, 3.05) is 13.7 Å². The molecular weight excluding hydrogens is 332 g/mol. The fourth-order valence-electron chi connectivity index (χ4n) is 2.68. The topological polar surface area (TPSA) is 72.7 Å². The molecule has 0 spiro atoms. The third-order valence-corrected chi connectivity index (χ3v) is 4.40. The lowest BCUT2D eigenvalue weighted by Gasteiger charge is -2.25. The molecule has 26 heavy (non-hydrogen) atoms. The maximum Gasteiger partial charge on any atom is 0.269 e. The first kappa shape index (κ1) is 19.4. The molecule has 1 atom stereocenters. The van der Waals surface area contributed by atoms with E-state index in [0.717, 1.165) is 16.9 Å². The molecule has 0 radical (unpaired) electrons. The third kappa shape index (κ3) is 5.05. The number of carbonyl (C=O) groups excluding carboxylic acids is 1. The van der Waals surface area contributed by atoms with E-state index in [2.05, 4.69) is 0 Å². The van der Waals surface area contributed by atoms with Crippen molar-refractivity contribution in [3.05, 3.63) is 69.8 Å². The largest absolute Gasteiger partial charge is 0.494 e. The van der Waals surface area contributed by atoms with Gasteiger partial charge in [0, 0.05) is 25.6 Å². The first-order chi connectivity index (χ1) is 12.4. The van der Waals surface area contributed by atoms with Crippen LogP contribution in [0, 0.1) is 10.1 Å². The molecular formula is C20H24N2O4. The Labute approximate surface area is 153 Å². The molecule has 6 heteroatoms. The van der Waals surface area contributed by atoms with E-state index in [0.29, 0.717) is 19.4 Å². The number of non-ortho nitro benzene ring substituents is 1. The number of hydrogen-bond donors (Lipinski definition) is 0. The van der Waals surface area contributed by atoms with Crippen molar-refractivity contribution in [1.82, 2.24) is 4.90 Å². The third-order valence-electron chi connectivity index (χ3n) is 4.40. The molecule has 2 aromatic rings. The molecule has 138 valence electrons. The van der Waals surface area contributed by atoms with E-state index < -0.39 is 4.92 Å². The average Bonchev–Trinajstić information content (AvgIpc) is 2.66. The highest BCUT2D eigenvalue weighted by atomic mass is 16.6. The molecule has 0 bridgehead atoms. The molecule has 0 aliphatic heterocycles. The fourth-order valence-corrected chi connectivity index (χ4v) is 2.68. The Morgan fingerprint density at radius 1 is 1.23 bits per heavy atom. The van der Waals surface area contributed by atoms with Crippen LogP contribution in [0.4, 0.5) is 5.69 Å². The van der Waals surface area contributed by atoms with Crippen LogP contribution < -0.4 is 4.74 Å². The molecule has 0 aliphatic carbocycles. The van der Waals surface area contributed by atoms with E-state index in [9.17, 15) is 14.9 Å². The van der Waals surface area contributed by atoms with Crippen LogP contribution in [0.25, 0.3) is 0 Å². The zero-order valence-electron chi connectivity index (χ0n) is 15.3. The predicted octanol–water partition coefficient (Wildman–Crippen LogP) is 4.15. The van der Waals surface area contributed by atoms with Crippen LogP contribution in [-0.4, -0.2) is 29.4 Å². The van der Waals surface area contributed by atoms with Gasteiger partial charge < -0.3 is 9.64 Å². The first-order valence-electron chi connectivity index (χ1n) is 8.64. The van der Waals surface area contributed by atoms with Crippen LogP contribution in [0.15, 0.2) is 48.5 Å². The number of benzene rings is 2. The van der Waals surface area contributed by atoms with Gasteiger partial charge in [-0.05, 0) is 43.5 Å². The normalized spacial score (nSPS) is 11.7. The Bertz CT molecular complexity index is 759. The van der Waals surface area contributed by atoms with Crippen molar-refractivity contribution in [1.29, 1.82) is 0 Å². The molecule has 0 saturated carbocycles. The molecule has 1 unspecified atom stereocenters. The van der Waals surface area contributed by atoms with Gasteiger partial charge in [-0.3, -0.25) is 14.9 Å². The summed E-state index contributed by atoms with van der Waals surface area (Å²) in [6.07, 6.45) is 1.01. The van der Waals surface area contributed by atoms with Crippen molar-refractivity contribution in [2.45, 2.75) is 32.7 Å². The molecule has 2 aromatic carbocycles. The first-order valence-corrected chi connectivity index (χ1v) is 8.64. The summed E-state index contributed by atoms with van der Waals surface area (Å²) in [5.41, 5.74) is 1.85. The minimum atomic E-state index is -0.427. The summed E-state index contributed by atoms with van der Waals surface area (Å²) in [6, 6.07) is 13.9. The van der Waals surface area contributed by atoms with Gasteiger partial charge in [0.25, 0.3) is 5.69 Å². The average molecular weight is 356 g/mol.